The zero-order valence-electron chi connectivity index (χ0n) is 25.6. The molecule has 4 saturated carbocycles. The minimum atomic E-state index is -1.06. The lowest BCUT2D eigenvalue weighted by Crippen LogP contribution is -2.64. The van der Waals surface area contributed by atoms with E-state index in [9.17, 15) is 9.59 Å². The molecule has 2 aliphatic heterocycles. The average Bonchev–Trinajstić information content (AvgIpc) is 3.43. The molecule has 10 heteroatoms. The summed E-state index contributed by atoms with van der Waals surface area (Å²) >= 11 is 0. The molecule has 0 bridgehead atoms. The van der Waals surface area contributed by atoms with E-state index in [1.165, 1.54) is 25.7 Å². The van der Waals surface area contributed by atoms with Gasteiger partial charge in [-0.3, -0.25) is 14.7 Å². The van der Waals surface area contributed by atoms with Crippen molar-refractivity contribution in [1.82, 2.24) is 20.0 Å². The fraction of sp³-hybridized carbons (Fsp3) is 0.938. The number of fused-ring (bicyclic) bond motifs is 1. The summed E-state index contributed by atoms with van der Waals surface area (Å²) in [5.74, 6) is 0. The first kappa shape index (κ1) is 30.4. The third kappa shape index (κ3) is 6.71. The fourth-order valence-corrected chi connectivity index (χ4v) is 8.10. The Kier molecular flexibility index (Phi) is 10.5. The predicted molar refractivity (Wildman–Crippen MR) is 157 cm³/mol. The summed E-state index contributed by atoms with van der Waals surface area (Å²) in [6, 6.07) is -0.387. The first-order chi connectivity index (χ1) is 20.6. The highest BCUT2D eigenvalue weighted by Crippen LogP contribution is 2.41. The predicted octanol–water partition coefficient (Wildman–Crippen LogP) is 6.04. The van der Waals surface area contributed by atoms with E-state index in [4.69, 9.17) is 18.9 Å². The van der Waals surface area contributed by atoms with Crippen LogP contribution in [0.2, 0.25) is 0 Å². The van der Waals surface area contributed by atoms with Crippen molar-refractivity contribution >= 4 is 12.1 Å². The fourth-order valence-electron chi connectivity index (χ4n) is 8.10. The number of urea groups is 2. The van der Waals surface area contributed by atoms with Gasteiger partial charge >= 0.3 is 12.1 Å². The summed E-state index contributed by atoms with van der Waals surface area (Å²) in [5.41, 5.74) is -1.06. The lowest BCUT2D eigenvalue weighted by molar-refractivity contribution is -0.150. The largest absolute Gasteiger partial charge is 0.374 e. The molecule has 4 aliphatic carbocycles. The van der Waals surface area contributed by atoms with Crippen LogP contribution in [0.4, 0.5) is 9.59 Å². The van der Waals surface area contributed by atoms with E-state index in [1.807, 2.05) is 0 Å². The van der Waals surface area contributed by atoms with Gasteiger partial charge in [-0.2, -0.15) is 0 Å². The van der Waals surface area contributed by atoms with Gasteiger partial charge in [-0.25, -0.2) is 9.59 Å². The summed E-state index contributed by atoms with van der Waals surface area (Å²) in [5, 5.41) is 3.17. The molecule has 10 nitrogen and oxygen atoms in total. The van der Waals surface area contributed by atoms with Crippen LogP contribution in [0.15, 0.2) is 0 Å². The molecule has 238 valence electrons. The Hall–Kier alpha value is -1.62. The Labute approximate surface area is 252 Å². The Bertz CT molecular complexity index is 884. The van der Waals surface area contributed by atoms with E-state index in [-0.39, 0.29) is 63.3 Å². The van der Waals surface area contributed by atoms with Gasteiger partial charge in [0.2, 0.25) is 0 Å². The molecular weight excluding hydrogens is 536 g/mol. The van der Waals surface area contributed by atoms with Gasteiger partial charge in [-0.1, -0.05) is 77.0 Å². The standard InChI is InChI=1S/C32H54N4O6/c37-30-33-29-32(21-39-25-13-5-1-6-14-25,35(30)23-41-27-17-9-3-10-18-27)36(24-42-28-19-11-4-12-20-28)31(38)34(29)22-40-26-15-7-2-8-16-26/h25-29H,1-24H2,(H,33,37). The second kappa shape index (κ2) is 14.4. The zero-order valence-corrected chi connectivity index (χ0v) is 25.6. The number of nitrogens with zero attached hydrogens (tertiary/aromatic N) is 3. The summed E-state index contributed by atoms with van der Waals surface area (Å²) in [4.78, 5) is 33.3. The number of ether oxygens (including phenoxy) is 4. The Balaban J connectivity index is 1.26. The molecule has 0 radical (unpaired) electrons. The Morgan fingerprint density at radius 2 is 0.952 bits per heavy atom. The maximum Gasteiger partial charge on any atom is 0.327 e. The minimum Gasteiger partial charge on any atom is -0.374 e. The van der Waals surface area contributed by atoms with Crippen LogP contribution in [-0.2, 0) is 18.9 Å². The third-order valence-corrected chi connectivity index (χ3v) is 10.7. The van der Waals surface area contributed by atoms with Gasteiger partial charge in [-0.05, 0) is 51.4 Å². The van der Waals surface area contributed by atoms with E-state index in [1.54, 1.807) is 14.7 Å². The van der Waals surface area contributed by atoms with Crippen molar-refractivity contribution in [3.8, 4) is 0 Å². The number of hydrogen-bond donors (Lipinski definition) is 1. The van der Waals surface area contributed by atoms with Crippen molar-refractivity contribution < 1.29 is 28.5 Å². The van der Waals surface area contributed by atoms with E-state index >= 15 is 0 Å². The van der Waals surface area contributed by atoms with Gasteiger partial charge in [0.1, 0.15) is 20.2 Å². The van der Waals surface area contributed by atoms with Gasteiger partial charge in [0.15, 0.2) is 11.8 Å². The number of carbonyl (C=O) groups is 2. The molecule has 0 aromatic carbocycles. The molecule has 4 amide bonds. The molecule has 2 unspecified atom stereocenters. The topological polar surface area (TPSA) is 92.8 Å². The number of hydrogen-bond acceptors (Lipinski definition) is 6. The van der Waals surface area contributed by atoms with Gasteiger partial charge in [-0.15, -0.1) is 0 Å². The van der Waals surface area contributed by atoms with E-state index in [2.05, 4.69) is 5.32 Å². The van der Waals surface area contributed by atoms with Crippen molar-refractivity contribution in [3.63, 3.8) is 0 Å². The van der Waals surface area contributed by atoms with E-state index in [0.29, 0.717) is 0 Å². The lowest BCUT2D eigenvalue weighted by atomic mass is 9.97. The lowest BCUT2D eigenvalue weighted by Gasteiger charge is -2.43. The van der Waals surface area contributed by atoms with Gasteiger partial charge in [0.05, 0.1) is 31.0 Å². The molecule has 6 aliphatic rings. The second-order valence-electron chi connectivity index (χ2n) is 13.6. The first-order valence-electron chi connectivity index (χ1n) is 17.3. The highest BCUT2D eigenvalue weighted by Gasteiger charge is 2.67. The van der Waals surface area contributed by atoms with Crippen LogP contribution in [0.1, 0.15) is 128 Å². The number of carbonyl (C=O) groups excluding carboxylic acids is 2. The van der Waals surface area contributed by atoms with Crippen LogP contribution in [0.5, 0.6) is 0 Å². The number of nitrogens with one attached hydrogen (secondary N) is 1. The molecular formula is C32H54N4O6. The number of rotatable bonds is 12. The summed E-state index contributed by atoms with van der Waals surface area (Å²) < 4.78 is 25.9. The highest BCUT2D eigenvalue weighted by atomic mass is 16.5. The quantitative estimate of drug-likeness (QED) is 0.298. The molecule has 2 saturated heterocycles. The molecule has 6 fully saturated rings. The maximum atomic E-state index is 14.3. The van der Waals surface area contributed by atoms with Gasteiger partial charge in [0.25, 0.3) is 0 Å². The summed E-state index contributed by atoms with van der Waals surface area (Å²) in [7, 11) is 0. The van der Waals surface area contributed by atoms with E-state index < -0.39 is 11.8 Å². The molecule has 2 heterocycles. The van der Waals surface area contributed by atoms with Gasteiger partial charge in [0, 0.05) is 0 Å². The van der Waals surface area contributed by atoms with Crippen LogP contribution in [0, 0.1) is 0 Å². The molecule has 0 spiro atoms. The van der Waals surface area contributed by atoms with Crippen LogP contribution in [0.25, 0.3) is 0 Å². The second-order valence-corrected chi connectivity index (χ2v) is 13.6. The van der Waals surface area contributed by atoms with Crippen LogP contribution < -0.4 is 5.32 Å². The summed E-state index contributed by atoms with van der Waals surface area (Å²) in [6.07, 6.45) is 22.3. The van der Waals surface area contributed by atoms with E-state index in [0.717, 1.165) is 103 Å². The van der Waals surface area contributed by atoms with Gasteiger partial charge < -0.3 is 24.3 Å². The molecule has 0 aromatic heterocycles. The Morgan fingerprint density at radius 1 is 0.548 bits per heavy atom. The molecule has 1 N–H and O–H groups in total. The normalized spacial score (nSPS) is 30.8. The smallest absolute Gasteiger partial charge is 0.327 e. The van der Waals surface area contributed by atoms with Crippen LogP contribution in [-0.4, -0.2) is 89.8 Å². The van der Waals surface area contributed by atoms with Crippen molar-refractivity contribution in [2.75, 3.05) is 26.8 Å². The maximum absolute atomic E-state index is 14.3. The monoisotopic (exact) mass is 590 g/mol. The molecule has 42 heavy (non-hydrogen) atoms. The van der Waals surface area contributed by atoms with Crippen LogP contribution in [0.3, 0.4) is 0 Å². The Morgan fingerprint density at radius 3 is 1.43 bits per heavy atom. The molecule has 2 atom stereocenters. The average molecular weight is 591 g/mol. The highest BCUT2D eigenvalue weighted by molar-refractivity contribution is 5.86. The van der Waals surface area contributed by atoms with Crippen molar-refractivity contribution in [2.24, 2.45) is 0 Å². The van der Waals surface area contributed by atoms with Crippen molar-refractivity contribution in [1.29, 1.82) is 0 Å². The van der Waals surface area contributed by atoms with Crippen LogP contribution >= 0.6 is 0 Å². The SMILES string of the molecule is O=C1NC2N(COC3CCCCC3)C(=O)N(COC3CCCCC3)C2(COC2CCCCC2)N1COC1CCCCC1. The molecule has 0 aromatic rings. The van der Waals surface area contributed by atoms with Crippen molar-refractivity contribution in [2.45, 2.75) is 165 Å². The molecule has 6 rings (SSSR count). The third-order valence-electron chi connectivity index (χ3n) is 10.7. The minimum absolute atomic E-state index is 0.128. The number of amides is 4. The first-order valence-corrected chi connectivity index (χ1v) is 17.3. The summed E-state index contributed by atoms with van der Waals surface area (Å²) in [6.45, 7) is 0.639. The zero-order chi connectivity index (χ0) is 28.8. The van der Waals surface area contributed by atoms with Crippen molar-refractivity contribution in [3.05, 3.63) is 0 Å².